The van der Waals surface area contributed by atoms with Gasteiger partial charge in [-0.3, -0.25) is 24.2 Å². The number of fused-ring (bicyclic) bond motifs is 1. The lowest BCUT2D eigenvalue weighted by Crippen LogP contribution is -2.51. The van der Waals surface area contributed by atoms with Gasteiger partial charge in [0.2, 0.25) is 0 Å². The lowest BCUT2D eigenvalue weighted by atomic mass is 10.1. The van der Waals surface area contributed by atoms with Crippen LogP contribution < -0.4 is 9.80 Å². The molecule has 1 saturated heterocycles. The van der Waals surface area contributed by atoms with Crippen LogP contribution in [0.3, 0.4) is 0 Å². The Morgan fingerprint density at radius 1 is 1.00 bits per heavy atom. The number of nitrogens with zero attached hydrogens (tertiary/aromatic N) is 3. The van der Waals surface area contributed by atoms with Crippen molar-refractivity contribution in [3.05, 3.63) is 58.1 Å². The van der Waals surface area contributed by atoms with Crippen molar-refractivity contribution in [2.45, 2.75) is 6.92 Å². The molecule has 2 heterocycles. The van der Waals surface area contributed by atoms with Crippen LogP contribution in [0.25, 0.3) is 0 Å². The first-order chi connectivity index (χ1) is 13.4. The van der Waals surface area contributed by atoms with Crippen LogP contribution >= 0.6 is 15.9 Å². The fraction of sp³-hybridized carbons (Fsp3) is 0.286. The van der Waals surface area contributed by atoms with Crippen LogP contribution in [-0.2, 0) is 4.79 Å². The van der Waals surface area contributed by atoms with Crippen LogP contribution in [-0.4, -0.2) is 55.2 Å². The quantitative estimate of drug-likeness (QED) is 0.539. The van der Waals surface area contributed by atoms with Crippen molar-refractivity contribution in [3.63, 3.8) is 0 Å². The minimum absolute atomic E-state index is 0.0631. The molecule has 0 N–H and O–H groups in total. The first-order valence-corrected chi connectivity index (χ1v) is 9.97. The van der Waals surface area contributed by atoms with Gasteiger partial charge in [0.25, 0.3) is 5.78 Å². The van der Waals surface area contributed by atoms with Crippen LogP contribution in [0.1, 0.15) is 27.6 Å². The second-order valence-electron chi connectivity index (χ2n) is 7.07. The number of carbonyl (C=O) groups excluding carboxylic acids is 3. The Hall–Kier alpha value is -2.51. The van der Waals surface area contributed by atoms with Gasteiger partial charge < -0.3 is 4.90 Å². The zero-order valence-electron chi connectivity index (χ0n) is 15.5. The Bertz CT molecular complexity index is 950. The van der Waals surface area contributed by atoms with E-state index in [0.29, 0.717) is 23.5 Å². The molecule has 28 heavy (non-hydrogen) atoms. The molecule has 0 saturated carbocycles. The monoisotopic (exact) mass is 441 g/mol. The summed E-state index contributed by atoms with van der Waals surface area (Å²) in [5, 5.41) is 0. The Labute approximate surface area is 171 Å². The van der Waals surface area contributed by atoms with E-state index < -0.39 is 11.7 Å². The van der Waals surface area contributed by atoms with Gasteiger partial charge in [0.05, 0.1) is 17.9 Å². The standard InChI is InChI=1S/C21H20BrN3O3/c1-14(26)15-2-5-17(6-3-15)24-10-8-23(9-11-24)13-25-19-12-16(22)4-7-18(19)20(27)21(25)28/h2-7,12H,8-11,13H2,1H3. The van der Waals surface area contributed by atoms with E-state index in [0.717, 1.165) is 36.3 Å². The molecule has 2 aliphatic rings. The maximum Gasteiger partial charge on any atom is 0.300 e. The van der Waals surface area contributed by atoms with Crippen LogP contribution in [0.2, 0.25) is 0 Å². The van der Waals surface area contributed by atoms with E-state index >= 15 is 0 Å². The number of hydrogen-bond acceptors (Lipinski definition) is 5. The Kier molecular flexibility index (Phi) is 5.03. The molecule has 0 aromatic heterocycles. The normalized spacial score (nSPS) is 17.2. The van der Waals surface area contributed by atoms with Gasteiger partial charge in [-0.2, -0.15) is 0 Å². The highest BCUT2D eigenvalue weighted by molar-refractivity contribution is 9.10. The van der Waals surface area contributed by atoms with E-state index in [1.165, 1.54) is 0 Å². The summed E-state index contributed by atoms with van der Waals surface area (Å²) in [5.74, 6) is -0.838. The molecule has 6 nitrogen and oxygen atoms in total. The zero-order chi connectivity index (χ0) is 19.8. The van der Waals surface area contributed by atoms with E-state index in [1.54, 1.807) is 24.0 Å². The van der Waals surface area contributed by atoms with Gasteiger partial charge in [0.15, 0.2) is 5.78 Å². The van der Waals surface area contributed by atoms with Crippen molar-refractivity contribution < 1.29 is 14.4 Å². The fourth-order valence-electron chi connectivity index (χ4n) is 3.66. The number of halogens is 1. The molecule has 2 aliphatic heterocycles. The van der Waals surface area contributed by atoms with Crippen LogP contribution in [0.15, 0.2) is 46.9 Å². The van der Waals surface area contributed by atoms with Crippen LogP contribution in [0, 0.1) is 0 Å². The third-order valence-corrected chi connectivity index (χ3v) is 5.78. The smallest absolute Gasteiger partial charge is 0.300 e. The van der Waals surface area contributed by atoms with Crippen LogP contribution in [0.5, 0.6) is 0 Å². The molecule has 2 aromatic rings. The summed E-state index contributed by atoms with van der Waals surface area (Å²) >= 11 is 3.41. The van der Waals surface area contributed by atoms with Gasteiger partial charge in [0.1, 0.15) is 0 Å². The summed E-state index contributed by atoms with van der Waals surface area (Å²) in [7, 11) is 0. The molecule has 0 atom stereocenters. The molecule has 7 heteroatoms. The lowest BCUT2D eigenvalue weighted by Gasteiger charge is -2.37. The van der Waals surface area contributed by atoms with Crippen molar-refractivity contribution in [1.82, 2.24) is 4.90 Å². The van der Waals surface area contributed by atoms with Crippen molar-refractivity contribution >= 4 is 44.8 Å². The number of benzene rings is 2. The van der Waals surface area contributed by atoms with Crippen molar-refractivity contribution in [2.24, 2.45) is 0 Å². The second-order valence-corrected chi connectivity index (χ2v) is 7.99. The zero-order valence-corrected chi connectivity index (χ0v) is 17.1. The molecule has 1 fully saturated rings. The van der Waals surface area contributed by atoms with Gasteiger partial charge in [-0.1, -0.05) is 15.9 Å². The predicted molar refractivity (Wildman–Crippen MR) is 111 cm³/mol. The average molecular weight is 442 g/mol. The van der Waals surface area contributed by atoms with E-state index in [9.17, 15) is 14.4 Å². The first-order valence-electron chi connectivity index (χ1n) is 9.18. The number of ketones is 2. The number of Topliss-reactive ketones (excluding diaryl/α,β-unsaturated/α-hetero) is 2. The number of hydrogen-bond donors (Lipinski definition) is 0. The minimum Gasteiger partial charge on any atom is -0.369 e. The first kappa shape index (κ1) is 18.8. The predicted octanol–water partition coefficient (Wildman–Crippen LogP) is 2.96. The SMILES string of the molecule is CC(=O)c1ccc(N2CCN(CN3C(=O)C(=O)c4ccc(Br)cc43)CC2)cc1. The average Bonchev–Trinajstić information content (AvgIpc) is 2.93. The van der Waals surface area contributed by atoms with E-state index in [1.807, 2.05) is 30.3 Å². The van der Waals surface area contributed by atoms with E-state index in [-0.39, 0.29) is 5.78 Å². The molecule has 4 rings (SSSR count). The minimum atomic E-state index is -0.463. The number of amides is 1. The number of anilines is 2. The lowest BCUT2D eigenvalue weighted by molar-refractivity contribution is -0.114. The highest BCUT2D eigenvalue weighted by Crippen LogP contribution is 2.32. The van der Waals surface area contributed by atoms with E-state index in [4.69, 9.17) is 0 Å². The molecular weight excluding hydrogens is 422 g/mol. The van der Waals surface area contributed by atoms with Crippen molar-refractivity contribution in [1.29, 1.82) is 0 Å². The Morgan fingerprint density at radius 3 is 2.32 bits per heavy atom. The topological polar surface area (TPSA) is 60.9 Å². The van der Waals surface area contributed by atoms with Gasteiger partial charge in [-0.15, -0.1) is 0 Å². The van der Waals surface area contributed by atoms with Gasteiger partial charge in [-0.05, 0) is 49.4 Å². The summed E-state index contributed by atoms with van der Waals surface area (Å²) in [6, 6.07) is 13.0. The molecule has 1 amide bonds. The summed E-state index contributed by atoms with van der Waals surface area (Å²) in [4.78, 5) is 42.1. The molecule has 0 radical (unpaired) electrons. The van der Waals surface area contributed by atoms with Crippen molar-refractivity contribution in [3.8, 4) is 0 Å². The number of piperazine rings is 1. The molecule has 0 unspecified atom stereocenters. The van der Waals surface area contributed by atoms with Gasteiger partial charge in [0, 0.05) is 41.9 Å². The van der Waals surface area contributed by atoms with Gasteiger partial charge in [-0.25, -0.2) is 0 Å². The molecule has 2 aromatic carbocycles. The maximum atomic E-state index is 12.4. The molecule has 144 valence electrons. The molecule has 0 spiro atoms. The molecule has 0 aliphatic carbocycles. The summed E-state index contributed by atoms with van der Waals surface area (Å²) in [6.07, 6.45) is 0. The Morgan fingerprint density at radius 2 is 1.68 bits per heavy atom. The van der Waals surface area contributed by atoms with Gasteiger partial charge >= 0.3 is 5.91 Å². The molecular formula is C21H20BrN3O3. The molecule has 0 bridgehead atoms. The summed E-state index contributed by atoms with van der Waals surface area (Å²) in [6.45, 7) is 5.19. The maximum absolute atomic E-state index is 12.4. The third kappa shape index (κ3) is 3.47. The largest absolute Gasteiger partial charge is 0.369 e. The highest BCUT2D eigenvalue weighted by Gasteiger charge is 2.37. The second kappa shape index (κ2) is 7.48. The highest BCUT2D eigenvalue weighted by atomic mass is 79.9. The van der Waals surface area contributed by atoms with E-state index in [2.05, 4.69) is 25.7 Å². The number of rotatable bonds is 4. The third-order valence-electron chi connectivity index (χ3n) is 5.29. The van der Waals surface area contributed by atoms with Crippen LogP contribution in [0.4, 0.5) is 11.4 Å². The van der Waals surface area contributed by atoms with Crippen molar-refractivity contribution in [2.75, 3.05) is 42.6 Å². The summed E-state index contributed by atoms with van der Waals surface area (Å²) in [5.41, 5.74) is 2.94. The summed E-state index contributed by atoms with van der Waals surface area (Å²) < 4.78 is 0.845. The number of carbonyl (C=O) groups is 3. The Balaban J connectivity index is 1.41. The fourth-order valence-corrected chi connectivity index (χ4v) is 4.01.